The van der Waals surface area contributed by atoms with Crippen LogP contribution < -0.4 is 4.74 Å². The summed E-state index contributed by atoms with van der Waals surface area (Å²) in [4.78, 5) is 4.26. The van der Waals surface area contributed by atoms with E-state index in [0.29, 0.717) is 12.5 Å². The van der Waals surface area contributed by atoms with E-state index < -0.39 is 0 Å². The highest BCUT2D eigenvalue weighted by Crippen LogP contribution is 2.22. The van der Waals surface area contributed by atoms with E-state index >= 15 is 0 Å². The van der Waals surface area contributed by atoms with Gasteiger partial charge in [0, 0.05) is 4.47 Å². The van der Waals surface area contributed by atoms with Gasteiger partial charge in [-0.3, -0.25) is 0 Å². The molecule has 1 heterocycles. The Morgan fingerprint density at radius 1 is 1.29 bits per heavy atom. The van der Waals surface area contributed by atoms with Crippen molar-refractivity contribution in [3.63, 3.8) is 0 Å². The van der Waals surface area contributed by atoms with Gasteiger partial charge < -0.3 is 9.15 Å². The van der Waals surface area contributed by atoms with E-state index in [4.69, 9.17) is 9.15 Å². The second kappa shape index (κ2) is 4.92. The molecule has 0 aliphatic heterocycles. The summed E-state index contributed by atoms with van der Waals surface area (Å²) in [5, 5.41) is 0. The summed E-state index contributed by atoms with van der Waals surface area (Å²) in [6.07, 6.45) is 0. The van der Waals surface area contributed by atoms with Crippen molar-refractivity contribution in [2.45, 2.75) is 27.4 Å². The Kier molecular flexibility index (Phi) is 3.52. The zero-order valence-electron chi connectivity index (χ0n) is 10.1. The summed E-state index contributed by atoms with van der Waals surface area (Å²) in [5.74, 6) is 2.27. The van der Waals surface area contributed by atoms with E-state index in [9.17, 15) is 0 Å². The van der Waals surface area contributed by atoms with Gasteiger partial charge in [-0.25, -0.2) is 4.98 Å². The Hall–Kier alpha value is -1.29. The monoisotopic (exact) mass is 295 g/mol. The van der Waals surface area contributed by atoms with Crippen LogP contribution in [0, 0.1) is 20.8 Å². The van der Waals surface area contributed by atoms with Crippen LogP contribution in [0.1, 0.15) is 22.9 Å². The number of aromatic nitrogens is 1. The molecule has 0 aliphatic carbocycles. The van der Waals surface area contributed by atoms with Crippen molar-refractivity contribution in [2.24, 2.45) is 0 Å². The molecule has 90 valence electrons. The Morgan fingerprint density at radius 3 is 2.65 bits per heavy atom. The van der Waals surface area contributed by atoms with Crippen LogP contribution in [0.5, 0.6) is 5.75 Å². The first kappa shape index (κ1) is 12.2. The number of ether oxygens (including phenoxy) is 1. The molecule has 0 radical (unpaired) electrons. The molecule has 0 aliphatic rings. The van der Waals surface area contributed by atoms with Crippen LogP contribution in [0.2, 0.25) is 0 Å². The molecule has 4 heteroatoms. The maximum absolute atomic E-state index is 5.62. The van der Waals surface area contributed by atoms with E-state index in [1.807, 2.05) is 39.0 Å². The van der Waals surface area contributed by atoms with Crippen molar-refractivity contribution >= 4 is 15.9 Å². The number of hydrogen-bond donors (Lipinski definition) is 0. The first-order valence-corrected chi connectivity index (χ1v) is 6.17. The highest BCUT2D eigenvalue weighted by molar-refractivity contribution is 9.10. The largest absolute Gasteiger partial charge is 0.484 e. The maximum Gasteiger partial charge on any atom is 0.232 e. The van der Waals surface area contributed by atoms with Gasteiger partial charge in [-0.1, -0.05) is 15.9 Å². The zero-order chi connectivity index (χ0) is 12.4. The molecule has 0 atom stereocenters. The number of aryl methyl sites for hydroxylation is 3. The fourth-order valence-corrected chi connectivity index (χ4v) is 1.70. The Morgan fingerprint density at radius 2 is 2.06 bits per heavy atom. The van der Waals surface area contributed by atoms with Crippen molar-refractivity contribution < 1.29 is 9.15 Å². The standard InChI is InChI=1S/C13H14BrNO2/c1-8-6-11(4-5-12(8)14)16-7-13-15-9(2)10(3)17-13/h4-6H,7H2,1-3H3. The molecule has 3 nitrogen and oxygen atoms in total. The number of hydrogen-bond acceptors (Lipinski definition) is 3. The number of nitrogens with zero attached hydrogens (tertiary/aromatic N) is 1. The quantitative estimate of drug-likeness (QED) is 0.860. The van der Waals surface area contributed by atoms with Gasteiger partial charge in [0.2, 0.25) is 5.89 Å². The van der Waals surface area contributed by atoms with Crippen LogP contribution in [0.15, 0.2) is 27.1 Å². The molecule has 0 saturated heterocycles. The molecule has 2 rings (SSSR count). The average molecular weight is 296 g/mol. The van der Waals surface area contributed by atoms with Crippen LogP contribution in [-0.4, -0.2) is 4.98 Å². The van der Waals surface area contributed by atoms with Gasteiger partial charge in [-0.05, 0) is 44.5 Å². The summed E-state index contributed by atoms with van der Waals surface area (Å²) in [7, 11) is 0. The van der Waals surface area contributed by atoms with Crippen LogP contribution in [0.25, 0.3) is 0 Å². The first-order valence-electron chi connectivity index (χ1n) is 5.38. The van der Waals surface area contributed by atoms with Gasteiger partial charge in [-0.2, -0.15) is 0 Å². The molecule has 2 aromatic rings. The van der Waals surface area contributed by atoms with Gasteiger partial charge >= 0.3 is 0 Å². The van der Waals surface area contributed by atoms with E-state index in [-0.39, 0.29) is 0 Å². The molecule has 0 N–H and O–H groups in total. The smallest absolute Gasteiger partial charge is 0.232 e. The summed E-state index contributed by atoms with van der Waals surface area (Å²) in [5.41, 5.74) is 2.05. The predicted octanol–water partition coefficient (Wildman–Crippen LogP) is 3.94. The van der Waals surface area contributed by atoms with E-state index in [2.05, 4.69) is 20.9 Å². The maximum atomic E-state index is 5.62. The number of rotatable bonds is 3. The number of benzene rings is 1. The minimum atomic E-state index is 0.357. The lowest BCUT2D eigenvalue weighted by atomic mass is 10.2. The van der Waals surface area contributed by atoms with E-state index in [0.717, 1.165) is 27.2 Å². The second-order valence-electron chi connectivity index (χ2n) is 3.95. The van der Waals surface area contributed by atoms with Crippen molar-refractivity contribution in [3.8, 4) is 5.75 Å². The molecule has 0 fully saturated rings. The van der Waals surface area contributed by atoms with Crippen molar-refractivity contribution in [3.05, 3.63) is 45.6 Å². The van der Waals surface area contributed by atoms with Crippen LogP contribution in [-0.2, 0) is 6.61 Å². The van der Waals surface area contributed by atoms with Gasteiger partial charge in [-0.15, -0.1) is 0 Å². The topological polar surface area (TPSA) is 35.3 Å². The molecule has 0 bridgehead atoms. The van der Waals surface area contributed by atoms with Crippen molar-refractivity contribution in [1.29, 1.82) is 0 Å². The lowest BCUT2D eigenvalue weighted by Gasteiger charge is -2.05. The van der Waals surface area contributed by atoms with Crippen LogP contribution >= 0.6 is 15.9 Å². The molecular formula is C13H14BrNO2. The Bertz CT molecular complexity index is 515. The Labute approximate surface area is 109 Å². The third-order valence-corrected chi connectivity index (χ3v) is 3.45. The molecule has 0 unspecified atom stereocenters. The highest BCUT2D eigenvalue weighted by Gasteiger charge is 2.06. The lowest BCUT2D eigenvalue weighted by molar-refractivity contribution is 0.260. The van der Waals surface area contributed by atoms with Crippen LogP contribution in [0.4, 0.5) is 0 Å². The molecule has 0 saturated carbocycles. The fourth-order valence-electron chi connectivity index (χ4n) is 1.45. The SMILES string of the molecule is Cc1cc(OCc2nc(C)c(C)o2)ccc1Br. The summed E-state index contributed by atoms with van der Waals surface area (Å²) >= 11 is 3.45. The van der Waals surface area contributed by atoms with Crippen molar-refractivity contribution in [2.75, 3.05) is 0 Å². The normalized spacial score (nSPS) is 10.6. The fraction of sp³-hybridized carbons (Fsp3) is 0.308. The van der Waals surface area contributed by atoms with Crippen LogP contribution in [0.3, 0.4) is 0 Å². The van der Waals surface area contributed by atoms with Gasteiger partial charge in [0.15, 0.2) is 6.61 Å². The molecule has 1 aromatic heterocycles. The Balaban J connectivity index is 2.04. The van der Waals surface area contributed by atoms with Crippen molar-refractivity contribution in [1.82, 2.24) is 4.98 Å². The predicted molar refractivity (Wildman–Crippen MR) is 69.2 cm³/mol. The van der Waals surface area contributed by atoms with Gasteiger partial charge in [0.1, 0.15) is 11.5 Å². The molecule has 1 aromatic carbocycles. The number of halogens is 1. The van der Waals surface area contributed by atoms with Gasteiger partial charge in [0.25, 0.3) is 0 Å². The minimum absolute atomic E-state index is 0.357. The molecule has 0 spiro atoms. The molecule has 17 heavy (non-hydrogen) atoms. The minimum Gasteiger partial charge on any atom is -0.484 e. The third kappa shape index (κ3) is 2.88. The highest BCUT2D eigenvalue weighted by atomic mass is 79.9. The van der Waals surface area contributed by atoms with E-state index in [1.165, 1.54) is 0 Å². The molecule has 0 amide bonds. The lowest BCUT2D eigenvalue weighted by Crippen LogP contribution is -1.96. The van der Waals surface area contributed by atoms with Gasteiger partial charge in [0.05, 0.1) is 5.69 Å². The summed E-state index contributed by atoms with van der Waals surface area (Å²) in [6, 6.07) is 5.86. The first-order chi connectivity index (χ1) is 8.06. The summed E-state index contributed by atoms with van der Waals surface area (Å²) in [6.45, 7) is 6.20. The third-order valence-electron chi connectivity index (χ3n) is 2.56. The summed E-state index contributed by atoms with van der Waals surface area (Å²) < 4.78 is 12.1. The second-order valence-corrected chi connectivity index (χ2v) is 4.80. The van der Waals surface area contributed by atoms with E-state index in [1.54, 1.807) is 0 Å². The zero-order valence-corrected chi connectivity index (χ0v) is 11.7. The number of oxazole rings is 1. The average Bonchev–Trinajstić information content (AvgIpc) is 2.60. The molecular weight excluding hydrogens is 282 g/mol.